The topological polar surface area (TPSA) is 34.0 Å². The van der Waals surface area contributed by atoms with E-state index >= 15 is 0 Å². The van der Waals surface area contributed by atoms with E-state index in [0.29, 0.717) is 12.0 Å². The zero-order valence-corrected chi connectivity index (χ0v) is 13.7. The molecule has 1 unspecified atom stereocenters. The standard InChI is InChI=1S/C18H26N4/c1-13-4-3-5-15(10-13)18-19-17(20-22(18)16-6-7-16)12-21-9-8-14(2)11-21/h3,5,10,13-14,16H,4,6-9,11-12H2,1-2H3/t13?,14-/m0/s1. The van der Waals surface area contributed by atoms with Gasteiger partial charge in [-0.15, -0.1) is 0 Å². The number of hydrogen-bond donors (Lipinski definition) is 0. The van der Waals surface area contributed by atoms with Crippen LogP contribution in [0.1, 0.15) is 57.2 Å². The SMILES string of the molecule is CC1C=C(c2nc(CN3CC[C@H](C)C3)nn2C2CC2)C=CC1. The van der Waals surface area contributed by atoms with Crippen molar-refractivity contribution in [3.05, 3.63) is 29.9 Å². The average Bonchev–Trinajstić information content (AvgIpc) is 3.14. The predicted molar refractivity (Wildman–Crippen MR) is 88.2 cm³/mol. The molecule has 0 bridgehead atoms. The Bertz CT molecular complexity index is 609. The summed E-state index contributed by atoms with van der Waals surface area (Å²) in [4.78, 5) is 7.40. The van der Waals surface area contributed by atoms with Crippen molar-refractivity contribution in [2.24, 2.45) is 11.8 Å². The van der Waals surface area contributed by atoms with Gasteiger partial charge in [-0.1, -0.05) is 32.1 Å². The van der Waals surface area contributed by atoms with Gasteiger partial charge in [-0.25, -0.2) is 9.67 Å². The molecular formula is C18H26N4. The second-order valence-electron chi connectivity index (χ2n) is 7.39. The average molecular weight is 298 g/mol. The fourth-order valence-electron chi connectivity index (χ4n) is 3.56. The smallest absolute Gasteiger partial charge is 0.165 e. The Morgan fingerprint density at radius 1 is 1.23 bits per heavy atom. The Balaban J connectivity index is 1.59. The molecule has 2 aliphatic carbocycles. The van der Waals surface area contributed by atoms with Gasteiger partial charge in [0.25, 0.3) is 0 Å². The van der Waals surface area contributed by atoms with Crippen molar-refractivity contribution in [2.45, 2.75) is 52.1 Å². The predicted octanol–water partition coefficient (Wildman–Crippen LogP) is 3.43. The van der Waals surface area contributed by atoms with Crippen LogP contribution >= 0.6 is 0 Å². The molecule has 22 heavy (non-hydrogen) atoms. The normalized spacial score (nSPS) is 29.1. The van der Waals surface area contributed by atoms with E-state index in [4.69, 9.17) is 10.1 Å². The van der Waals surface area contributed by atoms with Gasteiger partial charge in [0.05, 0.1) is 12.6 Å². The number of nitrogens with zero attached hydrogens (tertiary/aromatic N) is 4. The molecule has 0 amide bonds. The summed E-state index contributed by atoms with van der Waals surface area (Å²) in [6.45, 7) is 7.89. The van der Waals surface area contributed by atoms with Crippen molar-refractivity contribution in [2.75, 3.05) is 13.1 Å². The highest BCUT2D eigenvalue weighted by atomic mass is 15.4. The fourth-order valence-corrected chi connectivity index (χ4v) is 3.56. The van der Waals surface area contributed by atoms with Crippen LogP contribution < -0.4 is 0 Å². The van der Waals surface area contributed by atoms with Crippen molar-refractivity contribution in [1.29, 1.82) is 0 Å². The monoisotopic (exact) mass is 298 g/mol. The summed E-state index contributed by atoms with van der Waals surface area (Å²) >= 11 is 0. The first-order valence-corrected chi connectivity index (χ1v) is 8.75. The van der Waals surface area contributed by atoms with Gasteiger partial charge >= 0.3 is 0 Å². The van der Waals surface area contributed by atoms with Gasteiger partial charge in [0.2, 0.25) is 0 Å². The summed E-state index contributed by atoms with van der Waals surface area (Å²) in [5.74, 6) is 3.51. The third-order valence-electron chi connectivity index (χ3n) is 4.97. The molecule has 0 N–H and O–H groups in total. The summed E-state index contributed by atoms with van der Waals surface area (Å²) < 4.78 is 2.20. The molecular weight excluding hydrogens is 272 g/mol. The molecule has 118 valence electrons. The van der Waals surface area contributed by atoms with Crippen LogP contribution in [0, 0.1) is 11.8 Å². The first-order valence-electron chi connectivity index (χ1n) is 8.75. The van der Waals surface area contributed by atoms with Gasteiger partial charge in [0.1, 0.15) is 0 Å². The third-order valence-corrected chi connectivity index (χ3v) is 4.97. The van der Waals surface area contributed by atoms with Gasteiger partial charge in [0, 0.05) is 12.1 Å². The van der Waals surface area contributed by atoms with Crippen LogP contribution in [0.4, 0.5) is 0 Å². The summed E-state index contributed by atoms with van der Waals surface area (Å²) in [6.07, 6.45) is 11.8. The molecule has 0 aromatic carbocycles. The molecule has 1 saturated carbocycles. The number of likely N-dealkylation sites (tertiary alicyclic amines) is 1. The molecule has 4 rings (SSSR count). The molecule has 3 aliphatic rings. The number of hydrogen-bond acceptors (Lipinski definition) is 3. The van der Waals surface area contributed by atoms with E-state index in [0.717, 1.165) is 30.5 Å². The number of rotatable bonds is 4. The van der Waals surface area contributed by atoms with Crippen LogP contribution in [0.5, 0.6) is 0 Å². The van der Waals surface area contributed by atoms with Crippen LogP contribution in [0.3, 0.4) is 0 Å². The maximum Gasteiger partial charge on any atom is 0.165 e. The molecule has 0 radical (unpaired) electrons. The van der Waals surface area contributed by atoms with E-state index in [1.54, 1.807) is 0 Å². The lowest BCUT2D eigenvalue weighted by molar-refractivity contribution is 0.311. The molecule has 2 fully saturated rings. The van der Waals surface area contributed by atoms with Crippen molar-refractivity contribution in [3.8, 4) is 0 Å². The largest absolute Gasteiger partial charge is 0.296 e. The first-order chi connectivity index (χ1) is 10.7. The molecule has 0 spiro atoms. The molecule has 4 nitrogen and oxygen atoms in total. The summed E-state index contributed by atoms with van der Waals surface area (Å²) in [5, 5.41) is 4.85. The molecule has 1 aromatic heterocycles. The van der Waals surface area contributed by atoms with E-state index in [1.165, 1.54) is 37.9 Å². The Hall–Kier alpha value is -1.42. The maximum absolute atomic E-state index is 4.91. The molecule has 1 aliphatic heterocycles. The Kier molecular flexibility index (Phi) is 3.65. The lowest BCUT2D eigenvalue weighted by atomic mass is 9.97. The number of allylic oxidation sites excluding steroid dienone is 4. The Labute approximate surface area is 132 Å². The van der Waals surface area contributed by atoms with Crippen molar-refractivity contribution >= 4 is 5.57 Å². The minimum Gasteiger partial charge on any atom is -0.296 e. The van der Waals surface area contributed by atoms with Crippen LogP contribution in [0.15, 0.2) is 18.2 Å². The molecule has 1 saturated heterocycles. The molecule has 1 aromatic rings. The highest BCUT2D eigenvalue weighted by molar-refractivity contribution is 5.71. The van der Waals surface area contributed by atoms with Gasteiger partial charge < -0.3 is 0 Å². The fraction of sp³-hybridized carbons (Fsp3) is 0.667. The Morgan fingerprint density at radius 2 is 2.09 bits per heavy atom. The highest BCUT2D eigenvalue weighted by Crippen LogP contribution is 2.37. The van der Waals surface area contributed by atoms with Crippen LogP contribution in [-0.4, -0.2) is 32.8 Å². The van der Waals surface area contributed by atoms with Crippen LogP contribution in [-0.2, 0) is 6.54 Å². The zero-order valence-electron chi connectivity index (χ0n) is 13.7. The van der Waals surface area contributed by atoms with E-state index in [-0.39, 0.29) is 0 Å². The highest BCUT2D eigenvalue weighted by Gasteiger charge is 2.30. The summed E-state index contributed by atoms with van der Waals surface area (Å²) in [5.41, 5.74) is 1.26. The molecule has 2 atom stereocenters. The maximum atomic E-state index is 4.91. The van der Waals surface area contributed by atoms with Crippen LogP contribution in [0.25, 0.3) is 5.57 Å². The first kappa shape index (κ1) is 14.2. The lowest BCUT2D eigenvalue weighted by Gasteiger charge is -2.12. The van der Waals surface area contributed by atoms with Crippen molar-refractivity contribution < 1.29 is 0 Å². The zero-order chi connectivity index (χ0) is 15.1. The minimum absolute atomic E-state index is 0.584. The number of aromatic nitrogens is 3. The molecule has 4 heteroatoms. The third kappa shape index (κ3) is 2.89. The van der Waals surface area contributed by atoms with Crippen molar-refractivity contribution in [3.63, 3.8) is 0 Å². The second-order valence-corrected chi connectivity index (χ2v) is 7.39. The van der Waals surface area contributed by atoms with Gasteiger partial charge in [-0.05, 0) is 44.1 Å². The van der Waals surface area contributed by atoms with E-state index < -0.39 is 0 Å². The van der Waals surface area contributed by atoms with E-state index in [9.17, 15) is 0 Å². The second kappa shape index (κ2) is 5.65. The van der Waals surface area contributed by atoms with E-state index in [2.05, 4.69) is 41.7 Å². The van der Waals surface area contributed by atoms with Gasteiger partial charge in [-0.2, -0.15) is 5.10 Å². The summed E-state index contributed by atoms with van der Waals surface area (Å²) in [7, 11) is 0. The van der Waals surface area contributed by atoms with Crippen molar-refractivity contribution in [1.82, 2.24) is 19.7 Å². The lowest BCUT2D eigenvalue weighted by Crippen LogP contribution is -2.20. The van der Waals surface area contributed by atoms with E-state index in [1.807, 2.05) is 0 Å². The van der Waals surface area contributed by atoms with Gasteiger partial charge in [-0.3, -0.25) is 4.90 Å². The molecule has 2 heterocycles. The van der Waals surface area contributed by atoms with Crippen LogP contribution in [0.2, 0.25) is 0 Å². The summed E-state index contributed by atoms with van der Waals surface area (Å²) in [6, 6.07) is 0.584. The Morgan fingerprint density at radius 3 is 2.77 bits per heavy atom. The van der Waals surface area contributed by atoms with Gasteiger partial charge in [0.15, 0.2) is 11.6 Å². The quantitative estimate of drug-likeness (QED) is 0.854. The minimum atomic E-state index is 0.584.